The second-order valence-corrected chi connectivity index (χ2v) is 15.9. The smallest absolute Gasteiger partial charge is 0.339 e. The summed E-state index contributed by atoms with van der Waals surface area (Å²) in [7, 11) is 0. The molecule has 12 unspecified atom stereocenters. The van der Waals surface area contributed by atoms with Crippen molar-refractivity contribution in [3.63, 3.8) is 0 Å². The summed E-state index contributed by atoms with van der Waals surface area (Å²) in [6.07, 6.45) is 9.06. The minimum Gasteiger partial charge on any atom is -0.472 e. The molecule has 9 heteroatoms. The number of ketones is 1. The monoisotopic (exact) mass is 610 g/mol. The first-order valence-electron chi connectivity index (χ1n) is 16.9. The Labute approximate surface area is 258 Å². The van der Waals surface area contributed by atoms with Gasteiger partial charge < -0.3 is 28.5 Å². The molecular formula is C35H46O9. The van der Waals surface area contributed by atoms with E-state index in [0.29, 0.717) is 31.1 Å². The van der Waals surface area contributed by atoms with Gasteiger partial charge >= 0.3 is 11.9 Å². The van der Waals surface area contributed by atoms with Crippen LogP contribution in [0.4, 0.5) is 0 Å². The van der Waals surface area contributed by atoms with Crippen LogP contribution < -0.4 is 0 Å². The maximum atomic E-state index is 14.8. The third kappa shape index (κ3) is 3.39. The first-order chi connectivity index (χ1) is 20.9. The fourth-order valence-electron chi connectivity index (χ4n) is 12.0. The van der Waals surface area contributed by atoms with E-state index in [-0.39, 0.29) is 30.7 Å². The van der Waals surface area contributed by atoms with Gasteiger partial charge in [0.15, 0.2) is 11.9 Å². The SMILES string of the molecule is CC(CCC1(C)OC2CC(=O)OCC23C1C(=O)C(O)C1(C)C3CCC2(C)C(c3ccoc3)OC(=O)C3OC321)C1CCCCC1. The standard InChI is InChI=1S/C35H46O9/c1-19(20-8-6-5-7-9-20)10-14-32(3)26-25(37)27(38)33(4)22(34(26)18-41-24(36)16-23(34)43-32)11-13-31(2)28(21-12-15-40-17-21)42-30(39)29-35(31,33)44-29/h12,15,17,19-20,22-23,26-29,38H,5-11,13-14,16,18H2,1-4H3. The molecule has 8 rings (SSSR count). The zero-order valence-electron chi connectivity index (χ0n) is 26.3. The molecule has 44 heavy (non-hydrogen) atoms. The third-order valence-electron chi connectivity index (χ3n) is 14.1. The number of hydrogen-bond donors (Lipinski definition) is 1. The minimum absolute atomic E-state index is 0.0702. The Morgan fingerprint density at radius 1 is 1.02 bits per heavy atom. The number of esters is 2. The van der Waals surface area contributed by atoms with Crippen LogP contribution in [0.25, 0.3) is 0 Å². The summed E-state index contributed by atoms with van der Waals surface area (Å²) in [6.45, 7) is 8.41. The summed E-state index contributed by atoms with van der Waals surface area (Å²) in [6, 6.07) is 1.80. The Bertz CT molecular complexity index is 1370. The van der Waals surface area contributed by atoms with Crippen LogP contribution in [0, 0.1) is 39.9 Å². The van der Waals surface area contributed by atoms with Crippen LogP contribution >= 0.6 is 0 Å². The molecule has 1 aromatic heterocycles. The molecule has 0 aromatic carbocycles. The molecular weight excluding hydrogens is 564 g/mol. The number of fused-ring (bicyclic) bond motifs is 1. The maximum absolute atomic E-state index is 14.8. The first-order valence-corrected chi connectivity index (χ1v) is 16.9. The highest BCUT2D eigenvalue weighted by Crippen LogP contribution is 2.80. The second kappa shape index (κ2) is 9.41. The molecule has 4 saturated heterocycles. The van der Waals surface area contributed by atoms with E-state index in [0.717, 1.165) is 12.0 Å². The van der Waals surface area contributed by atoms with E-state index in [1.807, 2.05) is 13.8 Å². The average molecular weight is 611 g/mol. The van der Waals surface area contributed by atoms with Crippen molar-refractivity contribution in [1.82, 2.24) is 0 Å². The van der Waals surface area contributed by atoms with Gasteiger partial charge in [0, 0.05) is 21.8 Å². The van der Waals surface area contributed by atoms with Crippen molar-refractivity contribution < 1.29 is 42.9 Å². The van der Waals surface area contributed by atoms with E-state index in [2.05, 4.69) is 13.8 Å². The number of cyclic esters (lactones) is 2. The highest BCUT2D eigenvalue weighted by Gasteiger charge is 2.90. The molecule has 2 spiro atoms. The zero-order chi connectivity index (χ0) is 30.9. The van der Waals surface area contributed by atoms with Gasteiger partial charge in [-0.05, 0) is 56.4 Å². The zero-order valence-corrected chi connectivity index (χ0v) is 26.3. The lowest BCUT2D eigenvalue weighted by Crippen LogP contribution is -2.76. The number of carbonyl (C=O) groups is 3. The fraction of sp³-hybridized carbons (Fsp3) is 0.800. The predicted molar refractivity (Wildman–Crippen MR) is 155 cm³/mol. The Morgan fingerprint density at radius 2 is 1.80 bits per heavy atom. The van der Waals surface area contributed by atoms with E-state index >= 15 is 0 Å². The molecule has 1 N–H and O–H groups in total. The van der Waals surface area contributed by atoms with Crippen LogP contribution in [0.1, 0.15) is 104 Å². The number of ether oxygens (including phenoxy) is 4. The topological polar surface area (TPSA) is 125 Å². The molecule has 12 atom stereocenters. The van der Waals surface area contributed by atoms with Gasteiger partial charge in [-0.2, -0.15) is 0 Å². The lowest BCUT2D eigenvalue weighted by atomic mass is 9.36. The summed E-state index contributed by atoms with van der Waals surface area (Å²) in [5, 5.41) is 12.3. The third-order valence-corrected chi connectivity index (χ3v) is 14.1. The van der Waals surface area contributed by atoms with Crippen LogP contribution in [0.2, 0.25) is 0 Å². The van der Waals surface area contributed by atoms with Gasteiger partial charge in [-0.3, -0.25) is 9.59 Å². The first kappa shape index (κ1) is 29.2. The summed E-state index contributed by atoms with van der Waals surface area (Å²) >= 11 is 0. The fourth-order valence-corrected chi connectivity index (χ4v) is 12.0. The van der Waals surface area contributed by atoms with Crippen molar-refractivity contribution in [2.75, 3.05) is 6.61 Å². The van der Waals surface area contributed by atoms with Crippen LogP contribution in [0.5, 0.6) is 0 Å². The number of hydrogen-bond acceptors (Lipinski definition) is 9. The molecule has 0 bridgehead atoms. The van der Waals surface area contributed by atoms with Crippen molar-refractivity contribution >= 4 is 17.7 Å². The van der Waals surface area contributed by atoms with Crippen molar-refractivity contribution in [2.45, 2.75) is 128 Å². The molecule has 240 valence electrons. The van der Waals surface area contributed by atoms with E-state index in [4.69, 9.17) is 23.4 Å². The molecule has 7 fully saturated rings. The molecule has 3 aliphatic carbocycles. The largest absolute Gasteiger partial charge is 0.472 e. The Hall–Kier alpha value is -2.23. The number of aliphatic hydroxyl groups excluding tert-OH is 1. The quantitative estimate of drug-likeness (QED) is 0.359. The van der Waals surface area contributed by atoms with E-state index < -0.39 is 63.8 Å². The number of carbonyl (C=O) groups excluding carboxylic acids is 3. The van der Waals surface area contributed by atoms with E-state index in [1.165, 1.54) is 32.1 Å². The number of epoxide rings is 1. The molecule has 1 aromatic rings. The Balaban J connectivity index is 1.20. The van der Waals surface area contributed by atoms with E-state index in [1.54, 1.807) is 18.6 Å². The highest BCUT2D eigenvalue weighted by atomic mass is 16.7. The summed E-state index contributed by atoms with van der Waals surface area (Å²) < 4.78 is 30.7. The van der Waals surface area contributed by atoms with Gasteiger partial charge in [0.1, 0.15) is 24.4 Å². The lowest BCUT2D eigenvalue weighted by Gasteiger charge is -2.66. The van der Waals surface area contributed by atoms with Gasteiger partial charge in [-0.15, -0.1) is 0 Å². The normalized spacial score (nSPS) is 50.3. The summed E-state index contributed by atoms with van der Waals surface area (Å²) in [4.78, 5) is 41.1. The predicted octanol–water partition coefficient (Wildman–Crippen LogP) is 5.08. The number of aliphatic hydroxyl groups is 1. The maximum Gasteiger partial charge on any atom is 0.339 e. The minimum atomic E-state index is -1.38. The average Bonchev–Trinajstić information content (AvgIpc) is 3.47. The van der Waals surface area contributed by atoms with Gasteiger partial charge in [0.2, 0.25) is 0 Å². The number of rotatable bonds is 5. The molecule has 7 aliphatic rings. The van der Waals surface area contributed by atoms with Crippen molar-refractivity contribution in [2.24, 2.45) is 39.9 Å². The second-order valence-electron chi connectivity index (χ2n) is 15.9. The van der Waals surface area contributed by atoms with Crippen LogP contribution in [-0.4, -0.2) is 58.9 Å². The van der Waals surface area contributed by atoms with Gasteiger partial charge in [0.05, 0.1) is 36.6 Å². The molecule has 0 amide bonds. The molecule has 4 aliphatic heterocycles. The van der Waals surface area contributed by atoms with Crippen LogP contribution in [0.15, 0.2) is 23.0 Å². The molecule has 3 saturated carbocycles. The summed E-state index contributed by atoms with van der Waals surface area (Å²) in [5.41, 5.74) is -3.90. The van der Waals surface area contributed by atoms with Crippen LogP contribution in [-0.2, 0) is 33.3 Å². The van der Waals surface area contributed by atoms with Crippen molar-refractivity contribution in [1.29, 1.82) is 0 Å². The van der Waals surface area contributed by atoms with Gasteiger partial charge in [-0.25, -0.2) is 4.79 Å². The Morgan fingerprint density at radius 3 is 2.52 bits per heavy atom. The number of furan rings is 1. The molecule has 9 nitrogen and oxygen atoms in total. The number of Topliss-reactive ketones (excluding diaryl/α,β-unsaturated/α-hetero) is 1. The summed E-state index contributed by atoms with van der Waals surface area (Å²) in [5.74, 6) is -0.798. The van der Waals surface area contributed by atoms with Crippen molar-refractivity contribution in [3.05, 3.63) is 24.2 Å². The van der Waals surface area contributed by atoms with Gasteiger partial charge in [0.25, 0.3) is 0 Å². The lowest BCUT2D eigenvalue weighted by molar-refractivity contribution is -0.252. The van der Waals surface area contributed by atoms with Crippen LogP contribution in [0.3, 0.4) is 0 Å². The van der Waals surface area contributed by atoms with E-state index in [9.17, 15) is 19.5 Å². The molecule has 0 radical (unpaired) electrons. The molecule has 5 heterocycles. The Kier molecular flexibility index (Phi) is 6.24. The van der Waals surface area contributed by atoms with Crippen molar-refractivity contribution in [3.8, 4) is 0 Å². The van der Waals surface area contributed by atoms with Gasteiger partial charge in [-0.1, -0.05) is 52.9 Å². The highest BCUT2D eigenvalue weighted by molar-refractivity contribution is 5.92.